The summed E-state index contributed by atoms with van der Waals surface area (Å²) >= 11 is 0. The van der Waals surface area contributed by atoms with Gasteiger partial charge in [0.1, 0.15) is 11.1 Å². The molecule has 1 aliphatic carbocycles. The summed E-state index contributed by atoms with van der Waals surface area (Å²) in [6, 6.07) is 0.666. The standard InChI is InChI=1S/C27H42N4O3/c1-20(2)10-15-29-18-23(26(33)28-21-8-4-5-9-21)25(32)24(19-29)27(34)31-16-11-22(12-17-31)30-13-6-3-7-14-30/h18-22H,3-17H2,1-2H3,(H,28,33). The highest BCUT2D eigenvalue weighted by Gasteiger charge is 2.30. The third-order valence-corrected chi connectivity index (χ3v) is 7.87. The Morgan fingerprint density at radius 3 is 2.21 bits per heavy atom. The topological polar surface area (TPSA) is 74.6 Å². The number of nitrogens with one attached hydrogen (secondary N) is 1. The van der Waals surface area contributed by atoms with Gasteiger partial charge in [0, 0.05) is 44.1 Å². The van der Waals surface area contributed by atoms with Crippen molar-refractivity contribution in [2.24, 2.45) is 5.92 Å². The van der Waals surface area contributed by atoms with E-state index in [1.165, 1.54) is 19.3 Å². The summed E-state index contributed by atoms with van der Waals surface area (Å²) in [6.45, 7) is 8.64. The number of aromatic nitrogens is 1. The molecule has 1 aromatic heterocycles. The number of aryl methyl sites for hydroxylation is 1. The highest BCUT2D eigenvalue weighted by molar-refractivity contribution is 5.99. The molecule has 0 unspecified atom stereocenters. The molecule has 0 aromatic carbocycles. The molecule has 34 heavy (non-hydrogen) atoms. The fourth-order valence-electron chi connectivity index (χ4n) is 5.70. The molecule has 1 aromatic rings. The summed E-state index contributed by atoms with van der Waals surface area (Å²) in [7, 11) is 0. The number of nitrogens with zero attached hydrogens (tertiary/aromatic N) is 3. The van der Waals surface area contributed by atoms with Crippen LogP contribution in [0.15, 0.2) is 17.2 Å². The Kier molecular flexibility index (Phi) is 8.46. The van der Waals surface area contributed by atoms with Gasteiger partial charge in [0.15, 0.2) is 0 Å². The Bertz CT molecular complexity index is 905. The number of rotatable bonds is 7. The minimum absolute atomic E-state index is 0.102. The van der Waals surface area contributed by atoms with Gasteiger partial charge in [0.25, 0.3) is 11.8 Å². The van der Waals surface area contributed by atoms with Crippen LogP contribution in [0, 0.1) is 5.92 Å². The summed E-state index contributed by atoms with van der Waals surface area (Å²) < 4.78 is 1.87. The first-order chi connectivity index (χ1) is 16.4. The molecule has 3 fully saturated rings. The van der Waals surface area contributed by atoms with Crippen molar-refractivity contribution in [3.05, 3.63) is 33.7 Å². The van der Waals surface area contributed by atoms with E-state index in [9.17, 15) is 14.4 Å². The zero-order valence-corrected chi connectivity index (χ0v) is 21.1. The van der Waals surface area contributed by atoms with E-state index in [1.807, 2.05) is 9.47 Å². The molecule has 2 saturated heterocycles. The second kappa shape index (κ2) is 11.5. The van der Waals surface area contributed by atoms with Gasteiger partial charge in [-0.2, -0.15) is 0 Å². The van der Waals surface area contributed by atoms with Gasteiger partial charge in [-0.05, 0) is 64.0 Å². The molecule has 1 N–H and O–H groups in total. The molecule has 1 saturated carbocycles. The van der Waals surface area contributed by atoms with Crippen molar-refractivity contribution in [2.75, 3.05) is 26.2 Å². The largest absolute Gasteiger partial charge is 0.352 e. The van der Waals surface area contributed by atoms with E-state index in [0.29, 0.717) is 31.6 Å². The molecule has 0 atom stereocenters. The van der Waals surface area contributed by atoms with Crippen LogP contribution in [0.25, 0.3) is 0 Å². The molecule has 4 rings (SSSR count). The number of pyridine rings is 1. The lowest BCUT2D eigenvalue weighted by Gasteiger charge is -2.40. The van der Waals surface area contributed by atoms with Crippen LogP contribution < -0.4 is 10.7 Å². The van der Waals surface area contributed by atoms with Crippen molar-refractivity contribution in [1.29, 1.82) is 0 Å². The lowest BCUT2D eigenvalue weighted by molar-refractivity contribution is 0.0588. The van der Waals surface area contributed by atoms with Gasteiger partial charge < -0.3 is 19.7 Å². The third kappa shape index (κ3) is 6.09. The van der Waals surface area contributed by atoms with E-state index < -0.39 is 5.43 Å². The van der Waals surface area contributed by atoms with E-state index in [-0.39, 0.29) is 29.0 Å². The number of carbonyl (C=O) groups excluding carboxylic acids is 2. The fourth-order valence-corrected chi connectivity index (χ4v) is 5.70. The Morgan fingerprint density at radius 2 is 1.56 bits per heavy atom. The van der Waals surface area contributed by atoms with Crippen molar-refractivity contribution < 1.29 is 9.59 Å². The number of amides is 2. The SMILES string of the molecule is CC(C)CCn1cc(C(=O)NC2CCCC2)c(=O)c(C(=O)N2CCC(N3CCCCC3)CC2)c1. The van der Waals surface area contributed by atoms with Crippen molar-refractivity contribution in [2.45, 2.75) is 96.7 Å². The first-order valence-corrected chi connectivity index (χ1v) is 13.5. The molecule has 2 amide bonds. The summed E-state index contributed by atoms with van der Waals surface area (Å²) in [5, 5.41) is 3.03. The molecule has 2 aliphatic heterocycles. The van der Waals surface area contributed by atoms with E-state index in [1.54, 1.807) is 12.4 Å². The van der Waals surface area contributed by atoms with Crippen LogP contribution >= 0.6 is 0 Å². The molecular formula is C27H42N4O3. The Balaban J connectivity index is 1.50. The third-order valence-electron chi connectivity index (χ3n) is 7.87. The number of piperidine rings is 2. The van der Waals surface area contributed by atoms with Crippen LogP contribution in [0.1, 0.15) is 98.8 Å². The zero-order chi connectivity index (χ0) is 24.1. The lowest BCUT2D eigenvalue weighted by atomic mass is 9.99. The Morgan fingerprint density at radius 1 is 0.912 bits per heavy atom. The second-order valence-electron chi connectivity index (χ2n) is 10.9. The van der Waals surface area contributed by atoms with Crippen LogP contribution in [0.5, 0.6) is 0 Å². The molecule has 7 nitrogen and oxygen atoms in total. The molecule has 7 heteroatoms. The summed E-state index contributed by atoms with van der Waals surface area (Å²) in [6.07, 6.45) is 14.1. The number of hydrogen-bond donors (Lipinski definition) is 1. The Labute approximate surface area is 203 Å². The first-order valence-electron chi connectivity index (χ1n) is 13.5. The zero-order valence-electron chi connectivity index (χ0n) is 21.1. The fraction of sp³-hybridized carbons (Fsp3) is 0.741. The minimum atomic E-state index is -0.431. The molecule has 3 aliphatic rings. The first kappa shape index (κ1) is 25.0. The maximum atomic E-state index is 13.5. The average molecular weight is 471 g/mol. The molecule has 0 bridgehead atoms. The van der Waals surface area contributed by atoms with Gasteiger partial charge >= 0.3 is 0 Å². The van der Waals surface area contributed by atoms with Crippen molar-refractivity contribution in [1.82, 2.24) is 19.7 Å². The minimum Gasteiger partial charge on any atom is -0.352 e. The second-order valence-corrected chi connectivity index (χ2v) is 10.9. The van der Waals surface area contributed by atoms with Gasteiger partial charge in [0.05, 0.1) is 0 Å². The average Bonchev–Trinajstić information content (AvgIpc) is 3.36. The maximum absolute atomic E-state index is 13.5. The van der Waals surface area contributed by atoms with Crippen LogP contribution in [0.4, 0.5) is 0 Å². The van der Waals surface area contributed by atoms with Gasteiger partial charge in [-0.1, -0.05) is 33.1 Å². The van der Waals surface area contributed by atoms with Crippen molar-refractivity contribution in [3.8, 4) is 0 Å². The quantitative estimate of drug-likeness (QED) is 0.660. The molecule has 0 radical (unpaired) electrons. The molecular weight excluding hydrogens is 428 g/mol. The van der Waals surface area contributed by atoms with E-state index >= 15 is 0 Å². The lowest BCUT2D eigenvalue weighted by Crippen LogP contribution is -2.49. The molecule has 3 heterocycles. The van der Waals surface area contributed by atoms with Gasteiger partial charge in [-0.15, -0.1) is 0 Å². The highest BCUT2D eigenvalue weighted by atomic mass is 16.2. The van der Waals surface area contributed by atoms with Crippen molar-refractivity contribution >= 4 is 11.8 Å². The predicted molar refractivity (Wildman–Crippen MR) is 134 cm³/mol. The normalized spacial score (nSPS) is 20.7. The Hall–Kier alpha value is -2.15. The highest BCUT2D eigenvalue weighted by Crippen LogP contribution is 2.22. The van der Waals surface area contributed by atoms with Gasteiger partial charge in [-0.3, -0.25) is 14.4 Å². The predicted octanol–water partition coefficient (Wildman–Crippen LogP) is 3.66. The maximum Gasteiger partial charge on any atom is 0.259 e. The number of likely N-dealkylation sites (tertiary alicyclic amines) is 2. The van der Waals surface area contributed by atoms with Crippen LogP contribution in [0.3, 0.4) is 0 Å². The number of hydrogen-bond acceptors (Lipinski definition) is 4. The summed E-state index contributed by atoms with van der Waals surface area (Å²) in [5.74, 6) is -0.0762. The van der Waals surface area contributed by atoms with E-state index in [2.05, 4.69) is 24.1 Å². The molecule has 0 spiro atoms. The monoisotopic (exact) mass is 470 g/mol. The van der Waals surface area contributed by atoms with Crippen LogP contribution in [-0.4, -0.2) is 64.4 Å². The van der Waals surface area contributed by atoms with Gasteiger partial charge in [-0.25, -0.2) is 0 Å². The summed E-state index contributed by atoms with van der Waals surface area (Å²) in [5.41, 5.74) is -0.191. The smallest absolute Gasteiger partial charge is 0.259 e. The van der Waals surface area contributed by atoms with Crippen LogP contribution in [0.2, 0.25) is 0 Å². The van der Waals surface area contributed by atoms with E-state index in [4.69, 9.17) is 0 Å². The van der Waals surface area contributed by atoms with E-state index in [0.717, 1.165) is 58.0 Å². The van der Waals surface area contributed by atoms with Gasteiger partial charge in [0.2, 0.25) is 5.43 Å². The van der Waals surface area contributed by atoms with Crippen molar-refractivity contribution in [3.63, 3.8) is 0 Å². The van der Waals surface area contributed by atoms with Crippen LogP contribution in [-0.2, 0) is 6.54 Å². The summed E-state index contributed by atoms with van der Waals surface area (Å²) in [4.78, 5) is 44.3. The number of carbonyl (C=O) groups is 2. The molecule has 188 valence electrons.